The Morgan fingerprint density at radius 2 is 1.00 bits per heavy atom. The van der Waals surface area contributed by atoms with E-state index in [1.165, 1.54) is 69.0 Å². The molecule has 0 saturated carbocycles. The minimum atomic E-state index is 0.0540. The third-order valence-corrected chi connectivity index (χ3v) is 14.3. The zero-order valence-electron chi connectivity index (χ0n) is 33.4. The number of hydrogen-bond donors (Lipinski definition) is 0. The Kier molecular flexibility index (Phi) is 9.18. The van der Waals surface area contributed by atoms with Gasteiger partial charge in [-0.05, 0) is 106 Å². The van der Waals surface area contributed by atoms with Crippen LogP contribution in [0.15, 0.2) is 165 Å². The first-order valence-electron chi connectivity index (χ1n) is 20.4. The molecular weight excluding hydrogens is 728 g/mol. The first-order chi connectivity index (χ1) is 27.7. The molecule has 278 valence electrons. The number of ether oxygens (including phenoxy) is 1. The van der Waals surface area contributed by atoms with Crippen LogP contribution in [-0.4, -0.2) is 13.4 Å². The molecule has 0 unspecified atom stereocenters. The van der Waals surface area contributed by atoms with Crippen LogP contribution < -0.4 is 42.4 Å². The monoisotopic (exact) mass is 773 g/mol. The van der Waals surface area contributed by atoms with Crippen molar-refractivity contribution in [2.45, 2.75) is 78.9 Å². The molecule has 2 nitrogen and oxygen atoms in total. The number of hydrogen-bond acceptors (Lipinski definition) is 4. The third kappa shape index (κ3) is 6.15. The van der Waals surface area contributed by atoms with Crippen molar-refractivity contribution >= 4 is 86.8 Å². The van der Waals surface area contributed by atoms with Gasteiger partial charge in [0, 0.05) is 36.6 Å². The Morgan fingerprint density at radius 1 is 0.421 bits per heavy atom. The smallest absolute Gasteiger partial charge is 0.253 e. The molecule has 0 spiro atoms. The summed E-state index contributed by atoms with van der Waals surface area (Å²) >= 11 is 3.76. The van der Waals surface area contributed by atoms with Crippen molar-refractivity contribution in [2.75, 3.05) is 4.90 Å². The van der Waals surface area contributed by atoms with Crippen molar-refractivity contribution < 1.29 is 4.74 Å². The summed E-state index contributed by atoms with van der Waals surface area (Å²) in [5, 5.41) is 0. The van der Waals surface area contributed by atoms with Crippen LogP contribution in [0.1, 0.15) is 76.0 Å². The minimum Gasteiger partial charge on any atom is -0.458 e. The van der Waals surface area contributed by atoms with E-state index in [0.717, 1.165) is 28.6 Å². The summed E-state index contributed by atoms with van der Waals surface area (Å²) < 4.78 is 6.94. The quantitative estimate of drug-likeness (QED) is 0.150. The fourth-order valence-corrected chi connectivity index (χ4v) is 11.6. The maximum absolute atomic E-state index is 6.94. The lowest BCUT2D eigenvalue weighted by molar-refractivity contribution is 0.485. The SMILES string of the molecule is CC(C)c1cc(C(C)C)c(B2c3ccc(N(c4ccccc4)c4ccccc4)cc3Sc3cc4c(cc32)B2c3ccccc3Sc3cccc(c32)O4)c(C(C)C)c1. The van der Waals surface area contributed by atoms with E-state index in [1.54, 1.807) is 0 Å². The molecule has 0 amide bonds. The molecule has 7 aromatic carbocycles. The number of nitrogens with zero attached hydrogens (tertiary/aromatic N) is 1. The number of benzene rings is 7. The average molecular weight is 774 g/mol. The zero-order valence-corrected chi connectivity index (χ0v) is 35.0. The van der Waals surface area contributed by atoms with Gasteiger partial charge in [0.1, 0.15) is 11.5 Å². The van der Waals surface area contributed by atoms with E-state index < -0.39 is 0 Å². The fraction of sp³-hybridized carbons (Fsp3) is 0.176. The van der Waals surface area contributed by atoms with Crippen LogP contribution in [0.5, 0.6) is 11.5 Å². The van der Waals surface area contributed by atoms with E-state index in [4.69, 9.17) is 4.74 Å². The summed E-state index contributed by atoms with van der Waals surface area (Å²) in [5.74, 6) is 3.11. The van der Waals surface area contributed by atoms with Gasteiger partial charge in [-0.2, -0.15) is 0 Å². The van der Waals surface area contributed by atoms with Crippen molar-refractivity contribution in [3.8, 4) is 11.5 Å². The van der Waals surface area contributed by atoms with Gasteiger partial charge >= 0.3 is 0 Å². The Morgan fingerprint density at radius 3 is 1.67 bits per heavy atom. The Bertz CT molecular complexity index is 2610. The largest absolute Gasteiger partial charge is 0.458 e. The summed E-state index contributed by atoms with van der Waals surface area (Å²) in [7, 11) is 0. The van der Waals surface area contributed by atoms with Crippen LogP contribution in [0.3, 0.4) is 0 Å². The lowest BCUT2D eigenvalue weighted by Crippen LogP contribution is -2.62. The van der Waals surface area contributed by atoms with Crippen LogP contribution in [-0.2, 0) is 0 Å². The number of para-hydroxylation sites is 2. The van der Waals surface area contributed by atoms with Gasteiger partial charge in [0.2, 0.25) is 6.71 Å². The molecule has 3 heterocycles. The highest BCUT2D eigenvalue weighted by Crippen LogP contribution is 2.42. The molecule has 0 atom stereocenters. The molecule has 0 bridgehead atoms. The molecule has 6 heteroatoms. The van der Waals surface area contributed by atoms with E-state index in [2.05, 4.69) is 192 Å². The van der Waals surface area contributed by atoms with Crippen molar-refractivity contribution in [2.24, 2.45) is 0 Å². The number of fused-ring (bicyclic) bond motifs is 6. The summed E-state index contributed by atoms with van der Waals surface area (Å²) in [6.45, 7) is 14.3. The molecule has 3 aliphatic heterocycles. The highest BCUT2D eigenvalue weighted by atomic mass is 32.2. The summed E-state index contributed by atoms with van der Waals surface area (Å²) in [4.78, 5) is 7.56. The molecule has 0 saturated heterocycles. The van der Waals surface area contributed by atoms with Gasteiger partial charge in [-0.1, -0.05) is 172 Å². The Hall–Kier alpha value is -5.03. The van der Waals surface area contributed by atoms with Crippen LogP contribution in [0.2, 0.25) is 0 Å². The maximum Gasteiger partial charge on any atom is 0.253 e. The molecular formula is C51H45B2NOS2. The third-order valence-electron chi connectivity index (χ3n) is 12.0. The fourth-order valence-electron chi connectivity index (χ4n) is 9.27. The van der Waals surface area contributed by atoms with Crippen molar-refractivity contribution in [1.29, 1.82) is 0 Å². The number of rotatable bonds is 7. The molecule has 0 aliphatic carbocycles. The molecule has 0 aromatic heterocycles. The van der Waals surface area contributed by atoms with Gasteiger partial charge in [0.05, 0.1) is 0 Å². The second-order valence-electron chi connectivity index (χ2n) is 16.6. The molecule has 0 radical (unpaired) electrons. The van der Waals surface area contributed by atoms with Crippen LogP contribution >= 0.6 is 23.5 Å². The van der Waals surface area contributed by atoms with Gasteiger partial charge in [-0.15, -0.1) is 0 Å². The lowest BCUT2D eigenvalue weighted by Gasteiger charge is -2.36. The second-order valence-corrected chi connectivity index (χ2v) is 18.8. The van der Waals surface area contributed by atoms with Crippen molar-refractivity contribution in [1.82, 2.24) is 0 Å². The average Bonchev–Trinajstić information content (AvgIpc) is 3.22. The second kappa shape index (κ2) is 14.4. The summed E-state index contributed by atoms with van der Waals surface area (Å²) in [5.41, 5.74) is 15.9. The van der Waals surface area contributed by atoms with E-state index >= 15 is 0 Å². The van der Waals surface area contributed by atoms with Crippen molar-refractivity contribution in [3.63, 3.8) is 0 Å². The topological polar surface area (TPSA) is 12.5 Å². The van der Waals surface area contributed by atoms with Gasteiger partial charge in [0.25, 0.3) is 6.71 Å². The predicted molar refractivity (Wildman–Crippen MR) is 247 cm³/mol. The van der Waals surface area contributed by atoms with Crippen LogP contribution in [0, 0.1) is 0 Å². The molecule has 57 heavy (non-hydrogen) atoms. The van der Waals surface area contributed by atoms with E-state index in [0.29, 0.717) is 17.8 Å². The number of anilines is 3. The van der Waals surface area contributed by atoms with E-state index in [9.17, 15) is 0 Å². The molecule has 0 fully saturated rings. The summed E-state index contributed by atoms with van der Waals surface area (Å²) in [6, 6.07) is 54.2. The van der Waals surface area contributed by atoms with Crippen molar-refractivity contribution in [3.05, 3.63) is 162 Å². The predicted octanol–water partition coefficient (Wildman–Crippen LogP) is 10.6. The van der Waals surface area contributed by atoms with Gasteiger partial charge in [-0.3, -0.25) is 0 Å². The first kappa shape index (κ1) is 36.3. The van der Waals surface area contributed by atoms with Gasteiger partial charge < -0.3 is 9.64 Å². The first-order valence-corrected chi connectivity index (χ1v) is 22.0. The Balaban J connectivity index is 1.23. The highest BCUT2D eigenvalue weighted by Gasteiger charge is 2.42. The highest BCUT2D eigenvalue weighted by molar-refractivity contribution is 8.00. The Labute approximate surface area is 347 Å². The summed E-state index contributed by atoms with van der Waals surface area (Å²) in [6.07, 6.45) is 0. The minimum absolute atomic E-state index is 0.0540. The standard InChI is InChI=1S/C51H45B2NOS2/c1-31(2)34-26-38(32(3)4)50(39(27-34)33(5)6)53-41-25-24-37(54(35-16-9-7-10-17-35)36-18-11-8-12-19-36)28-48(41)57-49-30-45-42(29-43(49)53)52-40-20-13-14-22-46(40)56-47-23-15-21-44(55-45)51(47)52/h7-33H,1-6H3. The normalized spacial score (nSPS) is 13.5. The zero-order chi connectivity index (χ0) is 38.9. The maximum atomic E-state index is 6.94. The van der Waals surface area contributed by atoms with Crippen LogP contribution in [0.4, 0.5) is 17.1 Å². The molecule has 3 aliphatic rings. The van der Waals surface area contributed by atoms with Gasteiger partial charge in [0.15, 0.2) is 0 Å². The molecule has 10 rings (SSSR count). The molecule has 0 N–H and O–H groups in total. The van der Waals surface area contributed by atoms with E-state index in [1.807, 2.05) is 23.5 Å². The van der Waals surface area contributed by atoms with Crippen LogP contribution in [0.25, 0.3) is 0 Å². The van der Waals surface area contributed by atoms with Gasteiger partial charge in [-0.25, -0.2) is 0 Å². The lowest BCUT2D eigenvalue weighted by atomic mass is 9.32. The molecule has 7 aromatic rings. The van der Waals surface area contributed by atoms with E-state index in [-0.39, 0.29) is 13.4 Å².